The molecule has 0 aromatic heterocycles. The number of hydrogen-bond acceptors (Lipinski definition) is 3. The molecule has 0 unspecified atom stereocenters. The van der Waals surface area contributed by atoms with Gasteiger partial charge in [-0.25, -0.2) is 4.39 Å². The fourth-order valence-corrected chi connectivity index (χ4v) is 1.58. The standard InChI is InChI=1S/C15H16FNO2/c1-2-10-18-13-4-3-5-14(15(13)17)19-12-8-6-11(16)7-9-12/h3-9H,2,10,17H2,1H3. The van der Waals surface area contributed by atoms with E-state index in [-0.39, 0.29) is 5.82 Å². The van der Waals surface area contributed by atoms with Crippen molar-refractivity contribution in [2.45, 2.75) is 13.3 Å². The minimum atomic E-state index is -0.305. The lowest BCUT2D eigenvalue weighted by atomic mass is 10.2. The Kier molecular flexibility index (Phi) is 4.23. The van der Waals surface area contributed by atoms with E-state index in [1.807, 2.05) is 6.92 Å². The lowest BCUT2D eigenvalue weighted by molar-refractivity contribution is 0.318. The van der Waals surface area contributed by atoms with Gasteiger partial charge in [0.1, 0.15) is 23.0 Å². The molecule has 2 aromatic carbocycles. The molecule has 0 aliphatic heterocycles. The number of anilines is 1. The summed E-state index contributed by atoms with van der Waals surface area (Å²) in [4.78, 5) is 0. The van der Waals surface area contributed by atoms with Gasteiger partial charge in [0.05, 0.1) is 6.61 Å². The number of nitrogen functional groups attached to an aromatic ring is 1. The zero-order valence-corrected chi connectivity index (χ0v) is 10.7. The summed E-state index contributed by atoms with van der Waals surface area (Å²) in [6, 6.07) is 11.1. The average Bonchev–Trinajstić information content (AvgIpc) is 2.42. The minimum Gasteiger partial charge on any atom is -0.491 e. The molecular formula is C15H16FNO2. The molecule has 0 spiro atoms. The molecule has 3 nitrogen and oxygen atoms in total. The lowest BCUT2D eigenvalue weighted by Gasteiger charge is -2.12. The van der Waals surface area contributed by atoms with Gasteiger partial charge in [-0.1, -0.05) is 13.0 Å². The quantitative estimate of drug-likeness (QED) is 0.828. The van der Waals surface area contributed by atoms with Gasteiger partial charge >= 0.3 is 0 Å². The molecule has 0 fully saturated rings. The molecule has 0 radical (unpaired) electrons. The molecular weight excluding hydrogens is 245 g/mol. The molecule has 4 heteroatoms. The van der Waals surface area contributed by atoms with Crippen LogP contribution in [0.3, 0.4) is 0 Å². The van der Waals surface area contributed by atoms with Crippen molar-refractivity contribution in [2.75, 3.05) is 12.3 Å². The van der Waals surface area contributed by atoms with E-state index in [4.69, 9.17) is 15.2 Å². The van der Waals surface area contributed by atoms with Gasteiger partial charge in [-0.05, 0) is 42.8 Å². The summed E-state index contributed by atoms with van der Waals surface area (Å²) >= 11 is 0. The van der Waals surface area contributed by atoms with Crippen LogP contribution in [0.25, 0.3) is 0 Å². The largest absolute Gasteiger partial charge is 0.491 e. The summed E-state index contributed by atoms with van der Waals surface area (Å²) in [6.07, 6.45) is 0.905. The highest BCUT2D eigenvalue weighted by molar-refractivity contribution is 5.63. The summed E-state index contributed by atoms with van der Waals surface area (Å²) < 4.78 is 23.9. The van der Waals surface area contributed by atoms with Crippen molar-refractivity contribution in [3.8, 4) is 17.2 Å². The van der Waals surface area contributed by atoms with E-state index >= 15 is 0 Å². The SMILES string of the molecule is CCCOc1cccc(Oc2ccc(F)cc2)c1N. The fraction of sp³-hybridized carbons (Fsp3) is 0.200. The van der Waals surface area contributed by atoms with Gasteiger partial charge in [-0.3, -0.25) is 0 Å². The second-order valence-electron chi connectivity index (χ2n) is 4.07. The smallest absolute Gasteiger partial charge is 0.154 e. The van der Waals surface area contributed by atoms with Crippen molar-refractivity contribution in [1.82, 2.24) is 0 Å². The number of nitrogens with two attached hydrogens (primary N) is 1. The summed E-state index contributed by atoms with van der Waals surface area (Å²) in [5.41, 5.74) is 6.42. The van der Waals surface area contributed by atoms with Gasteiger partial charge in [-0.15, -0.1) is 0 Å². The Morgan fingerprint density at radius 3 is 2.42 bits per heavy atom. The normalized spacial score (nSPS) is 10.2. The van der Waals surface area contributed by atoms with Crippen LogP contribution >= 0.6 is 0 Å². The number of para-hydroxylation sites is 1. The zero-order chi connectivity index (χ0) is 13.7. The highest BCUT2D eigenvalue weighted by Gasteiger charge is 2.08. The Labute approximate surface area is 111 Å². The average molecular weight is 261 g/mol. The van der Waals surface area contributed by atoms with Crippen molar-refractivity contribution in [1.29, 1.82) is 0 Å². The fourth-order valence-electron chi connectivity index (χ4n) is 1.58. The Morgan fingerprint density at radius 2 is 1.74 bits per heavy atom. The van der Waals surface area contributed by atoms with Gasteiger partial charge in [0.2, 0.25) is 0 Å². The van der Waals surface area contributed by atoms with E-state index in [1.165, 1.54) is 12.1 Å². The lowest BCUT2D eigenvalue weighted by Crippen LogP contribution is -2.00. The molecule has 2 N–H and O–H groups in total. The summed E-state index contributed by atoms with van der Waals surface area (Å²) in [5.74, 6) is 1.32. The van der Waals surface area contributed by atoms with Gasteiger partial charge in [0.15, 0.2) is 5.75 Å². The molecule has 0 saturated carbocycles. The molecule has 2 aromatic rings. The predicted octanol–water partition coefficient (Wildman–Crippen LogP) is 3.99. The molecule has 0 bridgehead atoms. The maximum atomic E-state index is 12.8. The van der Waals surface area contributed by atoms with Crippen LogP contribution in [0.4, 0.5) is 10.1 Å². The first-order chi connectivity index (χ1) is 9.20. The van der Waals surface area contributed by atoms with E-state index in [1.54, 1.807) is 30.3 Å². The van der Waals surface area contributed by atoms with E-state index < -0.39 is 0 Å². The molecule has 0 heterocycles. The van der Waals surface area contributed by atoms with Crippen LogP contribution in [0.5, 0.6) is 17.2 Å². The van der Waals surface area contributed by atoms with Crippen LogP contribution in [-0.4, -0.2) is 6.61 Å². The van der Waals surface area contributed by atoms with Crippen molar-refractivity contribution in [2.24, 2.45) is 0 Å². The maximum Gasteiger partial charge on any atom is 0.154 e. The third-order valence-corrected chi connectivity index (χ3v) is 2.53. The molecule has 0 saturated heterocycles. The molecule has 100 valence electrons. The summed E-state index contributed by atoms with van der Waals surface area (Å²) in [5, 5.41) is 0. The number of hydrogen-bond donors (Lipinski definition) is 1. The van der Waals surface area contributed by atoms with E-state index in [9.17, 15) is 4.39 Å². The molecule has 0 amide bonds. The topological polar surface area (TPSA) is 44.5 Å². The third kappa shape index (κ3) is 3.37. The number of ether oxygens (including phenoxy) is 2. The van der Waals surface area contributed by atoms with Crippen molar-refractivity contribution in [3.05, 3.63) is 48.3 Å². The minimum absolute atomic E-state index is 0.305. The Morgan fingerprint density at radius 1 is 1.05 bits per heavy atom. The van der Waals surface area contributed by atoms with E-state index in [0.717, 1.165) is 6.42 Å². The van der Waals surface area contributed by atoms with E-state index in [2.05, 4.69) is 0 Å². The van der Waals surface area contributed by atoms with Crippen LogP contribution in [0, 0.1) is 5.82 Å². The Balaban J connectivity index is 2.18. The monoisotopic (exact) mass is 261 g/mol. The van der Waals surface area contributed by atoms with Crippen LogP contribution < -0.4 is 15.2 Å². The summed E-state index contributed by atoms with van der Waals surface area (Å²) in [7, 11) is 0. The first kappa shape index (κ1) is 13.2. The van der Waals surface area contributed by atoms with Crippen LogP contribution in [0.15, 0.2) is 42.5 Å². The van der Waals surface area contributed by atoms with Crippen LogP contribution in [-0.2, 0) is 0 Å². The second-order valence-corrected chi connectivity index (χ2v) is 4.07. The highest BCUT2D eigenvalue weighted by Crippen LogP contribution is 2.34. The van der Waals surface area contributed by atoms with Crippen molar-refractivity contribution in [3.63, 3.8) is 0 Å². The predicted molar refractivity (Wildman–Crippen MR) is 73.1 cm³/mol. The first-order valence-corrected chi connectivity index (χ1v) is 6.15. The maximum absolute atomic E-state index is 12.8. The number of halogens is 1. The van der Waals surface area contributed by atoms with Crippen LogP contribution in [0.1, 0.15) is 13.3 Å². The molecule has 0 atom stereocenters. The Hall–Kier alpha value is -2.23. The second kappa shape index (κ2) is 6.09. The van der Waals surface area contributed by atoms with Gasteiger partial charge < -0.3 is 15.2 Å². The van der Waals surface area contributed by atoms with E-state index in [0.29, 0.717) is 29.5 Å². The number of benzene rings is 2. The van der Waals surface area contributed by atoms with Crippen LogP contribution in [0.2, 0.25) is 0 Å². The van der Waals surface area contributed by atoms with Gasteiger partial charge in [0, 0.05) is 0 Å². The number of rotatable bonds is 5. The van der Waals surface area contributed by atoms with Gasteiger partial charge in [0.25, 0.3) is 0 Å². The van der Waals surface area contributed by atoms with Gasteiger partial charge in [-0.2, -0.15) is 0 Å². The zero-order valence-electron chi connectivity index (χ0n) is 10.7. The molecule has 19 heavy (non-hydrogen) atoms. The molecule has 0 aliphatic carbocycles. The van der Waals surface area contributed by atoms with Crippen molar-refractivity contribution >= 4 is 5.69 Å². The third-order valence-electron chi connectivity index (χ3n) is 2.53. The molecule has 0 aliphatic rings. The highest BCUT2D eigenvalue weighted by atomic mass is 19.1. The van der Waals surface area contributed by atoms with Crippen molar-refractivity contribution < 1.29 is 13.9 Å². The first-order valence-electron chi connectivity index (χ1n) is 6.15. The Bertz CT molecular complexity index is 540. The molecule has 2 rings (SSSR count). The summed E-state index contributed by atoms with van der Waals surface area (Å²) in [6.45, 7) is 2.62.